The van der Waals surface area contributed by atoms with Crippen LogP contribution in [0.3, 0.4) is 0 Å². The summed E-state index contributed by atoms with van der Waals surface area (Å²) in [6.45, 7) is 9.72. The molecule has 2 aromatic heterocycles. The van der Waals surface area contributed by atoms with E-state index in [9.17, 15) is 4.79 Å². The first-order valence-corrected chi connectivity index (χ1v) is 11.1. The molecular weight excluding hydrogens is 384 g/mol. The third kappa shape index (κ3) is 4.63. The Hall–Kier alpha value is -1.96. The SMILES string of the molecule is CN(CC(C)(C)C)C(=O)c1cn2c(nc3cc(CNCC4CCCO4)ccc32)s1. The van der Waals surface area contributed by atoms with E-state index < -0.39 is 0 Å². The highest BCUT2D eigenvalue weighted by molar-refractivity contribution is 7.18. The molecule has 4 rings (SSSR count). The van der Waals surface area contributed by atoms with Gasteiger partial charge in [-0.2, -0.15) is 0 Å². The summed E-state index contributed by atoms with van der Waals surface area (Å²) in [5, 5.41) is 3.48. The number of ether oxygens (including phenoxy) is 1. The van der Waals surface area contributed by atoms with Crippen molar-refractivity contribution in [2.45, 2.75) is 46.3 Å². The van der Waals surface area contributed by atoms with Crippen molar-refractivity contribution < 1.29 is 9.53 Å². The van der Waals surface area contributed by atoms with Crippen molar-refractivity contribution in [2.24, 2.45) is 5.41 Å². The zero-order chi connectivity index (χ0) is 20.6. The fourth-order valence-corrected chi connectivity index (χ4v) is 4.92. The number of hydrogen-bond acceptors (Lipinski definition) is 5. The molecule has 1 unspecified atom stereocenters. The Bertz CT molecular complexity index is 1010. The Morgan fingerprint density at radius 2 is 2.24 bits per heavy atom. The topological polar surface area (TPSA) is 58.9 Å². The molecule has 6 nitrogen and oxygen atoms in total. The van der Waals surface area contributed by atoms with Gasteiger partial charge in [0.2, 0.25) is 0 Å². The average Bonchev–Trinajstić information content (AvgIpc) is 3.35. The van der Waals surface area contributed by atoms with E-state index in [1.807, 2.05) is 17.6 Å². The first-order chi connectivity index (χ1) is 13.8. The quantitative estimate of drug-likeness (QED) is 0.664. The first kappa shape index (κ1) is 20.3. The van der Waals surface area contributed by atoms with Gasteiger partial charge in [0.1, 0.15) is 4.88 Å². The van der Waals surface area contributed by atoms with Crippen LogP contribution in [-0.4, -0.2) is 53.0 Å². The summed E-state index contributed by atoms with van der Waals surface area (Å²) in [4.78, 5) is 20.9. The van der Waals surface area contributed by atoms with Gasteiger partial charge in [-0.3, -0.25) is 9.20 Å². The highest BCUT2D eigenvalue weighted by Crippen LogP contribution is 2.26. The first-order valence-electron chi connectivity index (χ1n) is 10.3. The van der Waals surface area contributed by atoms with E-state index >= 15 is 0 Å². The lowest BCUT2D eigenvalue weighted by Crippen LogP contribution is -2.34. The number of hydrogen-bond donors (Lipinski definition) is 1. The van der Waals surface area contributed by atoms with Crippen molar-refractivity contribution in [3.8, 4) is 0 Å². The van der Waals surface area contributed by atoms with Crippen LogP contribution in [0.5, 0.6) is 0 Å². The third-order valence-electron chi connectivity index (χ3n) is 5.16. The van der Waals surface area contributed by atoms with Gasteiger partial charge in [0, 0.05) is 39.5 Å². The smallest absolute Gasteiger partial charge is 0.265 e. The molecule has 3 aromatic rings. The minimum Gasteiger partial charge on any atom is -0.377 e. The van der Waals surface area contributed by atoms with Gasteiger partial charge in [0.25, 0.3) is 5.91 Å². The van der Waals surface area contributed by atoms with Crippen LogP contribution in [0.1, 0.15) is 48.8 Å². The number of carbonyl (C=O) groups excluding carboxylic acids is 1. The van der Waals surface area contributed by atoms with E-state index in [0.717, 1.165) is 53.5 Å². The van der Waals surface area contributed by atoms with Crippen LogP contribution in [0.15, 0.2) is 24.4 Å². The molecule has 1 atom stereocenters. The molecule has 0 spiro atoms. The average molecular weight is 415 g/mol. The summed E-state index contributed by atoms with van der Waals surface area (Å²) >= 11 is 1.45. The second-order valence-corrected chi connectivity index (χ2v) is 10.2. The summed E-state index contributed by atoms with van der Waals surface area (Å²) in [5.74, 6) is 0.0542. The van der Waals surface area contributed by atoms with Gasteiger partial charge in [-0.15, -0.1) is 0 Å². The number of amides is 1. The summed E-state index contributed by atoms with van der Waals surface area (Å²) in [6, 6.07) is 6.35. The van der Waals surface area contributed by atoms with Crippen molar-refractivity contribution in [1.82, 2.24) is 19.6 Å². The summed E-state index contributed by atoms with van der Waals surface area (Å²) in [6.07, 6.45) is 4.59. The fraction of sp³-hybridized carbons (Fsp3) is 0.545. The predicted molar refractivity (Wildman–Crippen MR) is 118 cm³/mol. The van der Waals surface area contributed by atoms with Crippen LogP contribution in [0.4, 0.5) is 0 Å². The molecule has 0 aliphatic carbocycles. The van der Waals surface area contributed by atoms with E-state index in [1.165, 1.54) is 23.3 Å². The van der Waals surface area contributed by atoms with Gasteiger partial charge >= 0.3 is 0 Å². The Labute approximate surface area is 175 Å². The molecule has 1 aliphatic rings. The summed E-state index contributed by atoms with van der Waals surface area (Å²) < 4.78 is 7.69. The standard InChI is InChI=1S/C22H30N4O2S/c1-22(2,3)14-25(4)20(27)19-13-26-18-8-7-15(10-17(18)24-21(26)29-19)11-23-12-16-6-5-9-28-16/h7-8,10,13,16,23H,5-6,9,11-12,14H2,1-4H3. The molecule has 3 heterocycles. The highest BCUT2D eigenvalue weighted by atomic mass is 32.1. The second kappa shape index (κ2) is 8.05. The van der Waals surface area contributed by atoms with Gasteiger partial charge in [-0.25, -0.2) is 4.98 Å². The third-order valence-corrected chi connectivity index (χ3v) is 6.13. The van der Waals surface area contributed by atoms with Crippen molar-refractivity contribution in [1.29, 1.82) is 0 Å². The van der Waals surface area contributed by atoms with Crippen LogP contribution >= 0.6 is 11.3 Å². The van der Waals surface area contributed by atoms with E-state index in [2.05, 4.69) is 44.3 Å². The number of carbonyl (C=O) groups is 1. The van der Waals surface area contributed by atoms with E-state index in [1.54, 1.807) is 4.90 Å². The van der Waals surface area contributed by atoms with Crippen LogP contribution in [0, 0.1) is 5.41 Å². The number of imidazole rings is 1. The van der Waals surface area contributed by atoms with Crippen molar-refractivity contribution >= 4 is 33.2 Å². The summed E-state index contributed by atoms with van der Waals surface area (Å²) in [5.41, 5.74) is 3.29. The number of aromatic nitrogens is 2. The molecule has 0 radical (unpaired) electrons. The van der Waals surface area contributed by atoms with Crippen molar-refractivity contribution in [3.63, 3.8) is 0 Å². The number of thiazole rings is 1. The molecular formula is C22H30N4O2S. The second-order valence-electron chi connectivity index (χ2n) is 9.17. The van der Waals surface area contributed by atoms with E-state index in [0.29, 0.717) is 6.10 Å². The number of rotatable bonds is 6. The van der Waals surface area contributed by atoms with Gasteiger partial charge in [0.15, 0.2) is 4.96 Å². The molecule has 1 aromatic carbocycles. The molecule has 1 saturated heterocycles. The minimum atomic E-state index is 0.0542. The van der Waals surface area contributed by atoms with Crippen LogP contribution in [-0.2, 0) is 11.3 Å². The number of benzene rings is 1. The lowest BCUT2D eigenvalue weighted by molar-refractivity contribution is 0.0750. The van der Waals surface area contributed by atoms with Crippen molar-refractivity contribution in [3.05, 3.63) is 34.8 Å². The minimum absolute atomic E-state index is 0.0542. The number of fused-ring (bicyclic) bond motifs is 3. The van der Waals surface area contributed by atoms with E-state index in [-0.39, 0.29) is 11.3 Å². The molecule has 0 saturated carbocycles. The Morgan fingerprint density at radius 3 is 2.97 bits per heavy atom. The molecule has 156 valence electrons. The van der Waals surface area contributed by atoms with E-state index in [4.69, 9.17) is 9.72 Å². The van der Waals surface area contributed by atoms with Gasteiger partial charge < -0.3 is 15.0 Å². The highest BCUT2D eigenvalue weighted by Gasteiger charge is 2.22. The Morgan fingerprint density at radius 1 is 1.41 bits per heavy atom. The maximum atomic E-state index is 12.8. The van der Waals surface area contributed by atoms with Gasteiger partial charge in [-0.1, -0.05) is 38.2 Å². The Balaban J connectivity index is 1.47. The van der Waals surface area contributed by atoms with Gasteiger partial charge in [-0.05, 0) is 36.0 Å². The molecule has 1 amide bonds. The molecule has 0 bridgehead atoms. The molecule has 1 aliphatic heterocycles. The summed E-state index contributed by atoms with van der Waals surface area (Å²) in [7, 11) is 1.87. The van der Waals surface area contributed by atoms with Crippen LogP contribution in [0.25, 0.3) is 16.0 Å². The van der Waals surface area contributed by atoms with Crippen LogP contribution < -0.4 is 5.32 Å². The zero-order valence-electron chi connectivity index (χ0n) is 17.7. The lowest BCUT2D eigenvalue weighted by Gasteiger charge is -2.26. The van der Waals surface area contributed by atoms with Gasteiger partial charge in [0.05, 0.1) is 17.1 Å². The molecule has 1 N–H and O–H groups in total. The normalized spacial score (nSPS) is 17.4. The number of nitrogens with zero attached hydrogens (tertiary/aromatic N) is 3. The van der Waals surface area contributed by atoms with Crippen LogP contribution in [0.2, 0.25) is 0 Å². The Kier molecular flexibility index (Phi) is 5.64. The zero-order valence-corrected chi connectivity index (χ0v) is 18.5. The molecule has 7 heteroatoms. The molecule has 1 fully saturated rings. The molecule has 29 heavy (non-hydrogen) atoms. The van der Waals surface area contributed by atoms with Crippen molar-refractivity contribution in [2.75, 3.05) is 26.7 Å². The maximum Gasteiger partial charge on any atom is 0.265 e. The maximum absolute atomic E-state index is 12.8. The predicted octanol–water partition coefficient (Wildman–Crippen LogP) is 3.94. The fourth-order valence-electron chi connectivity index (χ4n) is 3.92. The monoisotopic (exact) mass is 414 g/mol. The lowest BCUT2D eigenvalue weighted by atomic mass is 9.96. The largest absolute Gasteiger partial charge is 0.377 e. The number of nitrogens with one attached hydrogen (secondary N) is 1.